The summed E-state index contributed by atoms with van der Waals surface area (Å²) in [6.45, 7) is 2.94. The average molecular weight is 421 g/mol. The first-order chi connectivity index (χ1) is 15.1. The molecule has 1 aromatic heterocycles. The molecule has 164 valence electrons. The van der Waals surface area contributed by atoms with Gasteiger partial charge in [0.2, 0.25) is 5.82 Å². The molecule has 6 heteroatoms. The molecule has 0 radical (unpaired) electrons. The molecule has 0 bridgehead atoms. The van der Waals surface area contributed by atoms with Gasteiger partial charge in [-0.05, 0) is 50.0 Å². The molecular formula is C25H32N4O2. The van der Waals surface area contributed by atoms with Crippen LogP contribution in [0.3, 0.4) is 0 Å². The molecule has 1 aromatic carbocycles. The second kappa shape index (κ2) is 10.2. The molecule has 0 spiro atoms. The summed E-state index contributed by atoms with van der Waals surface area (Å²) >= 11 is 0. The van der Waals surface area contributed by atoms with Crippen molar-refractivity contribution in [1.82, 2.24) is 20.6 Å². The van der Waals surface area contributed by atoms with Gasteiger partial charge in [0, 0.05) is 42.6 Å². The first kappa shape index (κ1) is 21.7. The number of carboxylic acids is 1. The number of carboxylic acid groups (broad SMARTS) is 1. The molecule has 1 heterocycles. The van der Waals surface area contributed by atoms with E-state index in [1.807, 2.05) is 0 Å². The van der Waals surface area contributed by atoms with E-state index in [9.17, 15) is 4.79 Å². The lowest BCUT2D eigenvalue weighted by Gasteiger charge is -2.30. The Bertz CT molecular complexity index is 889. The molecule has 3 N–H and O–H groups in total. The highest BCUT2D eigenvalue weighted by Crippen LogP contribution is 2.40. The summed E-state index contributed by atoms with van der Waals surface area (Å²) in [5.74, 6) is -0.557. The first-order valence-electron chi connectivity index (χ1n) is 11.4. The predicted octanol–water partition coefficient (Wildman–Crippen LogP) is 4.05. The highest BCUT2D eigenvalue weighted by atomic mass is 16.4. The molecule has 2 saturated carbocycles. The van der Waals surface area contributed by atoms with E-state index in [0.717, 1.165) is 24.8 Å². The van der Waals surface area contributed by atoms with E-state index in [1.54, 1.807) is 18.0 Å². The largest absolute Gasteiger partial charge is 0.475 e. The molecule has 2 aliphatic carbocycles. The summed E-state index contributed by atoms with van der Waals surface area (Å²) in [7, 11) is 0. The number of aromatic carboxylic acids is 1. The summed E-state index contributed by atoms with van der Waals surface area (Å²) in [5.41, 5.74) is 3.79. The van der Waals surface area contributed by atoms with E-state index in [4.69, 9.17) is 5.11 Å². The summed E-state index contributed by atoms with van der Waals surface area (Å²) in [5, 5.41) is 16.4. The van der Waals surface area contributed by atoms with Crippen LogP contribution in [0.15, 0.2) is 48.3 Å². The Morgan fingerprint density at radius 1 is 1.10 bits per heavy atom. The Morgan fingerprint density at radius 2 is 1.77 bits per heavy atom. The number of benzene rings is 1. The van der Waals surface area contributed by atoms with Gasteiger partial charge in [0.15, 0.2) is 0 Å². The molecule has 2 fully saturated rings. The molecule has 0 unspecified atom stereocenters. The quantitative estimate of drug-likeness (QED) is 0.567. The summed E-state index contributed by atoms with van der Waals surface area (Å²) in [6, 6.07) is 12.4. The third-order valence-electron chi connectivity index (χ3n) is 6.50. The van der Waals surface area contributed by atoms with Crippen LogP contribution >= 0.6 is 0 Å². The van der Waals surface area contributed by atoms with Gasteiger partial charge in [0.25, 0.3) is 0 Å². The zero-order valence-electron chi connectivity index (χ0n) is 18.1. The van der Waals surface area contributed by atoms with Crippen LogP contribution in [0.5, 0.6) is 0 Å². The van der Waals surface area contributed by atoms with Gasteiger partial charge in [-0.25, -0.2) is 14.8 Å². The molecule has 0 amide bonds. The monoisotopic (exact) mass is 420 g/mol. The Balaban J connectivity index is 1.18. The van der Waals surface area contributed by atoms with Crippen molar-refractivity contribution in [1.29, 1.82) is 0 Å². The van der Waals surface area contributed by atoms with E-state index in [0.29, 0.717) is 30.6 Å². The van der Waals surface area contributed by atoms with Gasteiger partial charge in [0.05, 0.1) is 0 Å². The minimum Gasteiger partial charge on any atom is -0.475 e. The van der Waals surface area contributed by atoms with Crippen LogP contribution in [0.2, 0.25) is 0 Å². The maximum absolute atomic E-state index is 10.8. The van der Waals surface area contributed by atoms with E-state index in [1.165, 1.54) is 24.8 Å². The van der Waals surface area contributed by atoms with Crippen LogP contribution in [0, 0.1) is 5.92 Å². The summed E-state index contributed by atoms with van der Waals surface area (Å²) < 4.78 is 0. The zero-order chi connectivity index (χ0) is 21.6. The third kappa shape index (κ3) is 5.99. The van der Waals surface area contributed by atoms with Crippen molar-refractivity contribution in [2.45, 2.75) is 70.1 Å². The fourth-order valence-electron chi connectivity index (χ4n) is 4.61. The molecule has 0 saturated heterocycles. The van der Waals surface area contributed by atoms with Crippen molar-refractivity contribution < 1.29 is 9.90 Å². The SMILES string of the molecule is CCC(=Cc1ccccc1)[C@@H]1C[C@H]1NC1CCC(NCc2cnc(C(=O)O)nc2)CC1. The number of nitrogens with zero attached hydrogens (tertiary/aromatic N) is 2. The van der Waals surface area contributed by atoms with Crippen molar-refractivity contribution in [3.8, 4) is 0 Å². The molecular weight excluding hydrogens is 388 g/mol. The van der Waals surface area contributed by atoms with Crippen LogP contribution in [0.25, 0.3) is 6.08 Å². The topological polar surface area (TPSA) is 87.1 Å². The third-order valence-corrected chi connectivity index (χ3v) is 6.50. The van der Waals surface area contributed by atoms with E-state index in [2.05, 4.69) is 63.9 Å². The molecule has 0 aliphatic heterocycles. The van der Waals surface area contributed by atoms with Crippen molar-refractivity contribution in [2.75, 3.05) is 0 Å². The Morgan fingerprint density at radius 3 is 2.42 bits per heavy atom. The van der Waals surface area contributed by atoms with Crippen LogP contribution in [-0.2, 0) is 6.54 Å². The Kier molecular flexibility index (Phi) is 7.10. The second-order valence-electron chi connectivity index (χ2n) is 8.75. The highest BCUT2D eigenvalue weighted by Gasteiger charge is 2.40. The van der Waals surface area contributed by atoms with Crippen molar-refractivity contribution >= 4 is 12.0 Å². The second-order valence-corrected chi connectivity index (χ2v) is 8.75. The maximum Gasteiger partial charge on any atom is 0.373 e. The molecule has 31 heavy (non-hydrogen) atoms. The molecule has 6 nitrogen and oxygen atoms in total. The minimum atomic E-state index is -1.09. The normalized spacial score (nSPS) is 25.9. The standard InChI is InChI=1S/C25H32N4O2/c1-2-19(12-17-6-4-3-5-7-17)22-13-23(22)29-21-10-8-20(9-11-21)26-14-18-15-27-24(25(30)31)28-16-18/h3-7,12,15-16,20-23,26,29H,2,8-11,13-14H2,1H3,(H,30,31)/t20?,21?,22-,23+/m0/s1. The van der Waals surface area contributed by atoms with Crippen LogP contribution in [0.1, 0.15) is 67.2 Å². The molecule has 2 atom stereocenters. The molecule has 2 aromatic rings. The minimum absolute atomic E-state index is 0.154. The van der Waals surface area contributed by atoms with Crippen molar-refractivity contribution in [3.63, 3.8) is 0 Å². The van der Waals surface area contributed by atoms with Crippen molar-refractivity contribution in [3.05, 3.63) is 65.2 Å². The summed E-state index contributed by atoms with van der Waals surface area (Å²) in [6.07, 6.45) is 12.6. The Hall–Kier alpha value is -2.57. The predicted molar refractivity (Wildman–Crippen MR) is 122 cm³/mol. The number of hydrogen-bond donors (Lipinski definition) is 3. The molecule has 2 aliphatic rings. The lowest BCUT2D eigenvalue weighted by molar-refractivity contribution is 0.0683. The van der Waals surface area contributed by atoms with Gasteiger partial charge in [-0.1, -0.05) is 48.9 Å². The van der Waals surface area contributed by atoms with Gasteiger partial charge in [-0.3, -0.25) is 0 Å². The smallest absolute Gasteiger partial charge is 0.373 e. The number of nitrogens with one attached hydrogen (secondary N) is 2. The van der Waals surface area contributed by atoms with Gasteiger partial charge in [-0.2, -0.15) is 0 Å². The van der Waals surface area contributed by atoms with Gasteiger partial charge >= 0.3 is 5.97 Å². The summed E-state index contributed by atoms with van der Waals surface area (Å²) in [4.78, 5) is 18.6. The zero-order valence-corrected chi connectivity index (χ0v) is 18.1. The highest BCUT2D eigenvalue weighted by molar-refractivity contribution is 5.82. The van der Waals surface area contributed by atoms with E-state index in [-0.39, 0.29) is 5.82 Å². The van der Waals surface area contributed by atoms with Gasteiger partial charge < -0.3 is 15.7 Å². The maximum atomic E-state index is 10.8. The number of rotatable bonds is 9. The fraction of sp³-hybridized carbons (Fsp3) is 0.480. The van der Waals surface area contributed by atoms with Crippen LogP contribution < -0.4 is 10.6 Å². The fourth-order valence-corrected chi connectivity index (χ4v) is 4.61. The number of carbonyl (C=O) groups is 1. The van der Waals surface area contributed by atoms with Crippen molar-refractivity contribution in [2.24, 2.45) is 5.92 Å². The Labute approximate surface area is 184 Å². The lowest BCUT2D eigenvalue weighted by Crippen LogP contribution is -2.40. The number of aromatic nitrogens is 2. The average Bonchev–Trinajstić information content (AvgIpc) is 3.56. The number of hydrogen-bond acceptors (Lipinski definition) is 5. The van der Waals surface area contributed by atoms with E-state index < -0.39 is 5.97 Å². The lowest BCUT2D eigenvalue weighted by atomic mass is 9.91. The van der Waals surface area contributed by atoms with Gasteiger partial charge in [-0.15, -0.1) is 0 Å². The van der Waals surface area contributed by atoms with Gasteiger partial charge in [0.1, 0.15) is 0 Å². The first-order valence-corrected chi connectivity index (χ1v) is 11.4. The molecule has 4 rings (SSSR count). The van der Waals surface area contributed by atoms with Crippen LogP contribution in [-0.4, -0.2) is 39.2 Å². The van der Waals surface area contributed by atoms with Crippen LogP contribution in [0.4, 0.5) is 0 Å². The van der Waals surface area contributed by atoms with E-state index >= 15 is 0 Å².